The van der Waals surface area contributed by atoms with Crippen LogP contribution < -0.4 is 5.32 Å². The number of benzene rings is 1. The van der Waals surface area contributed by atoms with Gasteiger partial charge < -0.3 is 15.0 Å². The molecule has 24 heavy (non-hydrogen) atoms. The monoisotopic (exact) mass is 336 g/mol. The quantitative estimate of drug-likeness (QED) is 0.824. The molecule has 7 heteroatoms. The van der Waals surface area contributed by atoms with Gasteiger partial charge in [0.05, 0.1) is 19.4 Å². The highest BCUT2D eigenvalue weighted by Gasteiger charge is 2.28. The van der Waals surface area contributed by atoms with E-state index >= 15 is 0 Å². The zero-order chi connectivity index (χ0) is 17.5. The van der Waals surface area contributed by atoms with Crippen LogP contribution in [0.4, 0.5) is 4.39 Å². The van der Waals surface area contributed by atoms with Crippen molar-refractivity contribution in [3.8, 4) is 0 Å². The molecule has 1 aromatic rings. The third-order valence-corrected chi connectivity index (χ3v) is 4.03. The number of amides is 2. The molecule has 6 nitrogen and oxygen atoms in total. The summed E-state index contributed by atoms with van der Waals surface area (Å²) >= 11 is 0. The summed E-state index contributed by atoms with van der Waals surface area (Å²) in [5, 5.41) is 2.70. The zero-order valence-corrected chi connectivity index (χ0v) is 13.6. The molecule has 1 saturated heterocycles. The van der Waals surface area contributed by atoms with Crippen molar-refractivity contribution in [2.75, 3.05) is 26.7 Å². The van der Waals surface area contributed by atoms with Gasteiger partial charge in [0.1, 0.15) is 5.82 Å². The smallest absolute Gasteiger partial charge is 0.307 e. The standard InChI is InChI=1S/C17H21FN2O4/c1-24-15(21)8-9-19-16(22)13-3-2-10-20(11-13)17(23)12-4-6-14(18)7-5-12/h4-7,13H,2-3,8-11H2,1H3,(H,19,22). The first kappa shape index (κ1) is 17.9. The van der Waals surface area contributed by atoms with Crippen molar-refractivity contribution in [1.29, 1.82) is 0 Å². The molecule has 1 aliphatic heterocycles. The fourth-order valence-electron chi connectivity index (χ4n) is 2.68. The predicted molar refractivity (Wildman–Crippen MR) is 84.7 cm³/mol. The lowest BCUT2D eigenvalue weighted by Crippen LogP contribution is -2.45. The highest BCUT2D eigenvalue weighted by atomic mass is 19.1. The van der Waals surface area contributed by atoms with Crippen LogP contribution in [0.2, 0.25) is 0 Å². The molecule has 1 aliphatic rings. The Kier molecular flexibility index (Phi) is 6.28. The third-order valence-electron chi connectivity index (χ3n) is 4.03. The van der Waals surface area contributed by atoms with Crippen molar-refractivity contribution >= 4 is 17.8 Å². The van der Waals surface area contributed by atoms with Crippen molar-refractivity contribution in [1.82, 2.24) is 10.2 Å². The number of nitrogens with zero attached hydrogens (tertiary/aromatic N) is 1. The third kappa shape index (κ3) is 4.78. The molecule has 1 unspecified atom stereocenters. The van der Waals surface area contributed by atoms with Gasteiger partial charge in [0.2, 0.25) is 5.91 Å². The summed E-state index contributed by atoms with van der Waals surface area (Å²) < 4.78 is 17.5. The van der Waals surface area contributed by atoms with Crippen molar-refractivity contribution in [2.24, 2.45) is 5.92 Å². The minimum Gasteiger partial charge on any atom is -0.469 e. The van der Waals surface area contributed by atoms with Crippen LogP contribution in [-0.2, 0) is 14.3 Å². The largest absolute Gasteiger partial charge is 0.469 e. The van der Waals surface area contributed by atoms with E-state index in [-0.39, 0.29) is 36.7 Å². The lowest BCUT2D eigenvalue weighted by Gasteiger charge is -2.32. The van der Waals surface area contributed by atoms with Crippen LogP contribution in [0.25, 0.3) is 0 Å². The van der Waals surface area contributed by atoms with E-state index < -0.39 is 5.82 Å². The minimum atomic E-state index is -0.395. The SMILES string of the molecule is COC(=O)CCNC(=O)C1CCCN(C(=O)c2ccc(F)cc2)C1. The number of carbonyl (C=O) groups is 3. The molecule has 0 saturated carbocycles. The van der Waals surface area contributed by atoms with Crippen molar-refractivity contribution in [3.63, 3.8) is 0 Å². The number of piperidine rings is 1. The van der Waals surface area contributed by atoms with E-state index in [4.69, 9.17) is 0 Å². The highest BCUT2D eigenvalue weighted by molar-refractivity contribution is 5.94. The van der Waals surface area contributed by atoms with E-state index in [9.17, 15) is 18.8 Å². The van der Waals surface area contributed by atoms with E-state index in [2.05, 4.69) is 10.1 Å². The zero-order valence-electron chi connectivity index (χ0n) is 13.6. The first-order valence-corrected chi connectivity index (χ1v) is 7.90. The maximum absolute atomic E-state index is 13.0. The van der Waals surface area contributed by atoms with Gasteiger partial charge in [-0.1, -0.05) is 0 Å². The number of carbonyl (C=O) groups excluding carboxylic acids is 3. The van der Waals surface area contributed by atoms with Gasteiger partial charge in [-0.2, -0.15) is 0 Å². The van der Waals surface area contributed by atoms with Crippen LogP contribution in [0.3, 0.4) is 0 Å². The van der Waals surface area contributed by atoms with E-state index in [1.807, 2.05) is 0 Å². The first-order valence-electron chi connectivity index (χ1n) is 7.90. The van der Waals surface area contributed by atoms with Crippen molar-refractivity contribution in [3.05, 3.63) is 35.6 Å². The summed E-state index contributed by atoms with van der Waals surface area (Å²) in [6.07, 6.45) is 1.53. The average Bonchev–Trinajstić information content (AvgIpc) is 2.61. The molecule has 0 spiro atoms. The Bertz CT molecular complexity index is 603. The van der Waals surface area contributed by atoms with Crippen molar-refractivity contribution < 1.29 is 23.5 Å². The molecule has 1 N–H and O–H groups in total. The number of halogens is 1. The Morgan fingerprint density at radius 3 is 2.67 bits per heavy atom. The molecular weight excluding hydrogens is 315 g/mol. The summed E-state index contributed by atoms with van der Waals surface area (Å²) in [5.74, 6) is -1.46. The van der Waals surface area contributed by atoms with Gasteiger partial charge in [-0.05, 0) is 37.1 Å². The van der Waals surface area contributed by atoms with Gasteiger partial charge >= 0.3 is 5.97 Å². The number of nitrogens with one attached hydrogen (secondary N) is 1. The molecule has 1 aromatic carbocycles. The molecule has 130 valence electrons. The second-order valence-corrected chi connectivity index (χ2v) is 5.71. The van der Waals surface area contributed by atoms with Crippen LogP contribution in [0.5, 0.6) is 0 Å². The Hall–Kier alpha value is -2.44. The predicted octanol–water partition coefficient (Wildman–Crippen LogP) is 1.36. The molecule has 0 radical (unpaired) electrons. The van der Waals surface area contributed by atoms with Crippen LogP contribution in [0.1, 0.15) is 29.6 Å². The molecule has 2 amide bonds. The second kappa shape index (κ2) is 8.42. The second-order valence-electron chi connectivity index (χ2n) is 5.71. The highest BCUT2D eigenvalue weighted by Crippen LogP contribution is 2.19. The van der Waals surface area contributed by atoms with E-state index in [0.717, 1.165) is 6.42 Å². The Balaban J connectivity index is 1.88. The number of ether oxygens (including phenoxy) is 1. The van der Waals surface area contributed by atoms with Gasteiger partial charge in [-0.3, -0.25) is 14.4 Å². The van der Waals surface area contributed by atoms with Crippen LogP contribution >= 0.6 is 0 Å². The number of esters is 1. The molecule has 0 bridgehead atoms. The van der Waals surface area contributed by atoms with Crippen LogP contribution in [-0.4, -0.2) is 49.4 Å². The maximum atomic E-state index is 13.0. The van der Waals surface area contributed by atoms with Crippen LogP contribution in [0, 0.1) is 11.7 Å². The number of likely N-dealkylation sites (tertiary alicyclic amines) is 1. The van der Waals surface area contributed by atoms with Crippen LogP contribution in [0.15, 0.2) is 24.3 Å². The molecular formula is C17H21FN2O4. The van der Waals surface area contributed by atoms with E-state index in [1.165, 1.54) is 31.4 Å². The van der Waals surface area contributed by atoms with Gasteiger partial charge in [-0.25, -0.2) is 4.39 Å². The van der Waals surface area contributed by atoms with Crippen molar-refractivity contribution in [2.45, 2.75) is 19.3 Å². The van der Waals surface area contributed by atoms with E-state index in [0.29, 0.717) is 25.1 Å². The Labute approximate surface area is 140 Å². The number of methoxy groups -OCH3 is 1. The fourth-order valence-corrected chi connectivity index (χ4v) is 2.68. The van der Waals surface area contributed by atoms with Gasteiger partial charge in [0.25, 0.3) is 5.91 Å². The Morgan fingerprint density at radius 1 is 1.29 bits per heavy atom. The van der Waals surface area contributed by atoms with Gasteiger partial charge in [0, 0.05) is 25.2 Å². The lowest BCUT2D eigenvalue weighted by molar-refractivity contribution is -0.140. The minimum absolute atomic E-state index is 0.118. The number of hydrogen-bond donors (Lipinski definition) is 1. The average molecular weight is 336 g/mol. The van der Waals surface area contributed by atoms with Gasteiger partial charge in [0.15, 0.2) is 0 Å². The van der Waals surface area contributed by atoms with Gasteiger partial charge in [-0.15, -0.1) is 0 Å². The number of hydrogen-bond acceptors (Lipinski definition) is 4. The summed E-state index contributed by atoms with van der Waals surface area (Å²) in [5.41, 5.74) is 0.406. The molecule has 1 atom stereocenters. The lowest BCUT2D eigenvalue weighted by atomic mass is 9.96. The molecule has 1 fully saturated rings. The number of rotatable bonds is 5. The maximum Gasteiger partial charge on any atom is 0.307 e. The summed E-state index contributed by atoms with van der Waals surface area (Å²) in [4.78, 5) is 37.2. The fraction of sp³-hybridized carbons (Fsp3) is 0.471. The normalized spacial score (nSPS) is 17.2. The molecule has 0 aliphatic carbocycles. The molecule has 1 heterocycles. The first-order chi connectivity index (χ1) is 11.5. The topological polar surface area (TPSA) is 75.7 Å². The Morgan fingerprint density at radius 2 is 2.00 bits per heavy atom. The van der Waals surface area contributed by atoms with E-state index in [1.54, 1.807) is 4.90 Å². The summed E-state index contributed by atoms with van der Waals surface area (Å²) in [6, 6.07) is 5.37. The molecule has 2 rings (SSSR count). The molecule has 0 aromatic heterocycles. The summed E-state index contributed by atoms with van der Waals surface area (Å²) in [7, 11) is 1.30. The summed E-state index contributed by atoms with van der Waals surface area (Å²) in [6.45, 7) is 1.11.